The van der Waals surface area contributed by atoms with Gasteiger partial charge in [0.25, 0.3) is 0 Å². The van der Waals surface area contributed by atoms with Gasteiger partial charge in [0.05, 0.1) is 18.4 Å². The minimum Gasteiger partial charge on any atom is -0.467 e. The smallest absolute Gasteiger partial charge is 0.416 e. The number of thiocarbonyl (C=S) groups is 1. The number of hydrogen-bond acceptors (Lipinski definition) is 2. The van der Waals surface area contributed by atoms with Crippen LogP contribution in [0.15, 0.2) is 47.1 Å². The Morgan fingerprint density at radius 3 is 2.41 bits per heavy atom. The van der Waals surface area contributed by atoms with E-state index in [2.05, 4.69) is 10.6 Å². The van der Waals surface area contributed by atoms with Crippen LogP contribution < -0.4 is 10.6 Å². The van der Waals surface area contributed by atoms with Crippen LogP contribution in [-0.4, -0.2) is 11.7 Å². The molecule has 118 valence electrons. The molecule has 1 heterocycles. The molecule has 0 bridgehead atoms. The summed E-state index contributed by atoms with van der Waals surface area (Å²) in [6.45, 7) is 1.02. The largest absolute Gasteiger partial charge is 0.467 e. The van der Waals surface area contributed by atoms with Crippen molar-refractivity contribution in [2.45, 2.75) is 19.1 Å². The molecule has 0 aliphatic rings. The first kappa shape index (κ1) is 16.4. The van der Waals surface area contributed by atoms with Crippen molar-refractivity contribution in [1.82, 2.24) is 10.6 Å². The van der Waals surface area contributed by atoms with Crippen molar-refractivity contribution in [3.63, 3.8) is 0 Å². The zero-order valence-corrected chi connectivity index (χ0v) is 12.4. The molecule has 0 radical (unpaired) electrons. The van der Waals surface area contributed by atoms with Gasteiger partial charge in [-0.05, 0) is 48.5 Å². The number of benzene rings is 1. The summed E-state index contributed by atoms with van der Waals surface area (Å²) >= 11 is 5.10. The fourth-order valence-electron chi connectivity index (χ4n) is 1.82. The van der Waals surface area contributed by atoms with Gasteiger partial charge in [0.1, 0.15) is 5.76 Å². The Kier molecular flexibility index (Phi) is 5.43. The Hall–Kier alpha value is -2.02. The third-order valence-corrected chi connectivity index (χ3v) is 3.27. The van der Waals surface area contributed by atoms with Gasteiger partial charge in [0, 0.05) is 6.54 Å². The Labute approximate surface area is 131 Å². The Balaban J connectivity index is 1.70. The predicted octanol–water partition coefficient (Wildman–Crippen LogP) is 3.51. The molecule has 1 aromatic heterocycles. The molecule has 0 saturated heterocycles. The maximum absolute atomic E-state index is 12.4. The van der Waals surface area contributed by atoms with Crippen molar-refractivity contribution in [3.05, 3.63) is 59.5 Å². The molecule has 22 heavy (non-hydrogen) atoms. The normalized spacial score (nSPS) is 11.2. The SMILES string of the molecule is FC(F)(F)c1ccc(CCNC(=S)NCc2ccco2)cc1. The van der Waals surface area contributed by atoms with Crippen molar-refractivity contribution in [2.24, 2.45) is 0 Å². The Morgan fingerprint density at radius 1 is 1.09 bits per heavy atom. The first-order chi connectivity index (χ1) is 10.4. The summed E-state index contributed by atoms with van der Waals surface area (Å²) in [6.07, 6.45) is -2.13. The highest BCUT2D eigenvalue weighted by atomic mass is 32.1. The van der Waals surface area contributed by atoms with Gasteiger partial charge in [-0.2, -0.15) is 13.2 Å². The van der Waals surface area contributed by atoms with Gasteiger partial charge < -0.3 is 15.1 Å². The van der Waals surface area contributed by atoms with E-state index >= 15 is 0 Å². The highest BCUT2D eigenvalue weighted by molar-refractivity contribution is 7.80. The molecule has 1 aromatic carbocycles. The van der Waals surface area contributed by atoms with Crippen LogP contribution in [0.4, 0.5) is 13.2 Å². The zero-order valence-electron chi connectivity index (χ0n) is 11.6. The van der Waals surface area contributed by atoms with Crippen molar-refractivity contribution < 1.29 is 17.6 Å². The van der Waals surface area contributed by atoms with E-state index in [-0.39, 0.29) is 0 Å². The summed E-state index contributed by atoms with van der Waals surface area (Å²) in [5.41, 5.74) is 0.175. The average molecular weight is 328 g/mol. The highest BCUT2D eigenvalue weighted by Gasteiger charge is 2.29. The van der Waals surface area contributed by atoms with Gasteiger partial charge in [-0.25, -0.2) is 0 Å². The van der Waals surface area contributed by atoms with Gasteiger partial charge in [-0.15, -0.1) is 0 Å². The molecule has 0 fully saturated rings. The minimum absolute atomic E-state index is 0.475. The van der Waals surface area contributed by atoms with E-state index in [1.54, 1.807) is 12.3 Å². The van der Waals surface area contributed by atoms with E-state index in [1.807, 2.05) is 6.07 Å². The minimum atomic E-state index is -4.30. The van der Waals surface area contributed by atoms with E-state index < -0.39 is 11.7 Å². The lowest BCUT2D eigenvalue weighted by molar-refractivity contribution is -0.137. The molecule has 2 rings (SSSR count). The number of nitrogens with one attached hydrogen (secondary N) is 2. The fraction of sp³-hybridized carbons (Fsp3) is 0.267. The summed E-state index contributed by atoms with van der Waals surface area (Å²) < 4.78 is 42.5. The number of alkyl halides is 3. The van der Waals surface area contributed by atoms with Crippen LogP contribution in [0.2, 0.25) is 0 Å². The topological polar surface area (TPSA) is 37.2 Å². The van der Waals surface area contributed by atoms with Crippen LogP contribution in [0.5, 0.6) is 0 Å². The molecule has 0 unspecified atom stereocenters. The van der Waals surface area contributed by atoms with Crippen LogP contribution >= 0.6 is 12.2 Å². The molecule has 0 aliphatic heterocycles. The molecule has 7 heteroatoms. The summed E-state index contributed by atoms with van der Waals surface area (Å²) in [5, 5.41) is 6.45. The van der Waals surface area contributed by atoms with Gasteiger partial charge in [0.2, 0.25) is 0 Å². The van der Waals surface area contributed by atoms with Crippen LogP contribution in [0, 0.1) is 0 Å². The molecular weight excluding hydrogens is 313 g/mol. The third-order valence-electron chi connectivity index (χ3n) is 2.98. The number of hydrogen-bond donors (Lipinski definition) is 2. The molecule has 3 nitrogen and oxygen atoms in total. The van der Waals surface area contributed by atoms with E-state index in [1.165, 1.54) is 12.1 Å². The van der Waals surface area contributed by atoms with E-state index in [4.69, 9.17) is 16.6 Å². The van der Waals surface area contributed by atoms with Gasteiger partial charge in [0.15, 0.2) is 5.11 Å². The number of furan rings is 1. The third kappa shape index (κ3) is 5.07. The van der Waals surface area contributed by atoms with E-state index in [0.717, 1.165) is 23.5 Å². The molecule has 2 aromatic rings. The van der Waals surface area contributed by atoms with Gasteiger partial charge in [-0.1, -0.05) is 12.1 Å². The van der Waals surface area contributed by atoms with Crippen LogP contribution in [0.25, 0.3) is 0 Å². The maximum Gasteiger partial charge on any atom is 0.416 e. The van der Waals surface area contributed by atoms with Crippen LogP contribution in [0.1, 0.15) is 16.9 Å². The zero-order chi connectivity index (χ0) is 16.0. The second-order valence-corrected chi connectivity index (χ2v) is 5.04. The first-order valence-corrected chi connectivity index (χ1v) is 7.06. The lowest BCUT2D eigenvalue weighted by atomic mass is 10.1. The summed E-state index contributed by atoms with van der Waals surface area (Å²) in [6, 6.07) is 8.75. The lowest BCUT2D eigenvalue weighted by Gasteiger charge is -2.10. The molecule has 0 atom stereocenters. The van der Waals surface area contributed by atoms with Crippen molar-refractivity contribution in [1.29, 1.82) is 0 Å². The predicted molar refractivity (Wildman–Crippen MR) is 81.3 cm³/mol. The Morgan fingerprint density at radius 2 is 1.82 bits per heavy atom. The Bertz CT molecular complexity index is 594. The molecule has 0 amide bonds. The quantitative estimate of drug-likeness (QED) is 0.824. The monoisotopic (exact) mass is 328 g/mol. The summed E-state index contributed by atoms with van der Waals surface area (Å²) in [4.78, 5) is 0. The maximum atomic E-state index is 12.4. The fourth-order valence-corrected chi connectivity index (χ4v) is 2.00. The van der Waals surface area contributed by atoms with Crippen molar-refractivity contribution in [2.75, 3.05) is 6.54 Å². The van der Waals surface area contributed by atoms with Crippen molar-refractivity contribution in [3.8, 4) is 0 Å². The standard InChI is InChI=1S/C15H15F3N2OS/c16-15(17,18)12-5-3-11(4-6-12)7-8-19-14(22)20-10-13-2-1-9-21-13/h1-6,9H,7-8,10H2,(H2,19,20,22). The lowest BCUT2D eigenvalue weighted by Crippen LogP contribution is -2.35. The van der Waals surface area contributed by atoms with Crippen LogP contribution in [0.3, 0.4) is 0 Å². The molecule has 0 saturated carbocycles. The van der Waals surface area contributed by atoms with E-state index in [0.29, 0.717) is 24.6 Å². The first-order valence-electron chi connectivity index (χ1n) is 6.65. The number of rotatable bonds is 5. The summed E-state index contributed by atoms with van der Waals surface area (Å²) in [7, 11) is 0. The average Bonchev–Trinajstić information content (AvgIpc) is 2.98. The second kappa shape index (κ2) is 7.31. The van der Waals surface area contributed by atoms with Crippen LogP contribution in [-0.2, 0) is 19.1 Å². The van der Waals surface area contributed by atoms with E-state index in [9.17, 15) is 13.2 Å². The molecule has 2 N–H and O–H groups in total. The molecule has 0 aliphatic carbocycles. The highest BCUT2D eigenvalue weighted by Crippen LogP contribution is 2.29. The number of halogens is 3. The van der Waals surface area contributed by atoms with Gasteiger partial charge >= 0.3 is 6.18 Å². The second-order valence-electron chi connectivity index (χ2n) is 4.63. The van der Waals surface area contributed by atoms with Crippen molar-refractivity contribution >= 4 is 17.3 Å². The van der Waals surface area contributed by atoms with Gasteiger partial charge in [-0.3, -0.25) is 0 Å². The molecular formula is C15H15F3N2OS. The summed E-state index contributed by atoms with van der Waals surface area (Å²) in [5.74, 6) is 0.770. The molecule has 0 spiro atoms.